The van der Waals surface area contributed by atoms with Crippen molar-refractivity contribution in [3.05, 3.63) is 35.7 Å². The molecular weight excluding hydrogens is 242 g/mol. The van der Waals surface area contributed by atoms with Gasteiger partial charge in [-0.05, 0) is 12.1 Å². The van der Waals surface area contributed by atoms with Crippen LogP contribution in [0, 0.1) is 6.42 Å². The van der Waals surface area contributed by atoms with E-state index in [0.717, 1.165) is 20.6 Å². The Hall–Kier alpha value is -1.33. The van der Waals surface area contributed by atoms with Gasteiger partial charge in [-0.15, -0.1) is 11.3 Å². The maximum Gasteiger partial charge on any atom is 0.341 e. The number of hydrogen-bond acceptors (Lipinski definition) is 5. The minimum atomic E-state index is -0.493. The van der Waals surface area contributed by atoms with Crippen molar-refractivity contribution in [2.24, 2.45) is 0 Å². The van der Waals surface area contributed by atoms with Crippen LogP contribution in [-0.2, 0) is 9.53 Å². The Labute approximate surface area is 102 Å². The van der Waals surface area contributed by atoms with Crippen molar-refractivity contribution in [2.45, 2.75) is 0 Å². The summed E-state index contributed by atoms with van der Waals surface area (Å²) in [5, 5.41) is 1.82. The van der Waals surface area contributed by atoms with Gasteiger partial charge in [-0.3, -0.25) is 0 Å². The highest BCUT2D eigenvalue weighted by atomic mass is 32.1. The minimum Gasteiger partial charge on any atom is -0.461 e. The third-order valence-corrected chi connectivity index (χ3v) is 3.11. The number of thiocarbonyl (C=S) groups is 1. The zero-order chi connectivity index (χ0) is 11.4. The number of hydrogen-bond donors (Lipinski definition) is 0. The first-order valence-corrected chi connectivity index (χ1v) is 5.89. The Morgan fingerprint density at radius 3 is 3.06 bits per heavy atom. The van der Waals surface area contributed by atoms with Gasteiger partial charge in [0.05, 0.1) is 22.0 Å². The number of ether oxygens (including phenoxy) is 1. The second-order valence-electron chi connectivity index (χ2n) is 2.97. The second-order valence-corrected chi connectivity index (χ2v) is 4.27. The predicted molar refractivity (Wildman–Crippen MR) is 67.6 cm³/mol. The first-order valence-electron chi connectivity index (χ1n) is 4.60. The molecule has 0 amide bonds. The number of esters is 1. The fourth-order valence-electron chi connectivity index (χ4n) is 1.21. The molecule has 16 heavy (non-hydrogen) atoms. The lowest BCUT2D eigenvalue weighted by atomic mass is 10.3. The largest absolute Gasteiger partial charge is 0.461 e. The van der Waals surface area contributed by atoms with Crippen LogP contribution < -0.4 is 0 Å². The van der Waals surface area contributed by atoms with Crippen LogP contribution in [0.2, 0.25) is 0 Å². The molecule has 0 fully saturated rings. The molecule has 1 heterocycles. The van der Waals surface area contributed by atoms with Crippen molar-refractivity contribution in [1.82, 2.24) is 4.98 Å². The van der Waals surface area contributed by atoms with Crippen LogP contribution >= 0.6 is 23.6 Å². The van der Waals surface area contributed by atoms with Gasteiger partial charge in [0.1, 0.15) is 11.6 Å². The Morgan fingerprint density at radius 1 is 1.50 bits per heavy atom. The average Bonchev–Trinajstić information content (AvgIpc) is 2.71. The molecule has 0 saturated carbocycles. The Bertz CT molecular complexity index is 488. The zero-order valence-electron chi connectivity index (χ0n) is 8.25. The van der Waals surface area contributed by atoms with Gasteiger partial charge in [0.25, 0.3) is 0 Å². The number of carbonyl (C=O) groups excluding carboxylic acids is 1. The highest BCUT2D eigenvalue weighted by Crippen LogP contribution is 2.22. The molecule has 1 aromatic heterocycles. The molecule has 0 spiro atoms. The number of para-hydroxylation sites is 1. The summed E-state index contributed by atoms with van der Waals surface area (Å²) in [5.41, 5.74) is 0.958. The summed E-state index contributed by atoms with van der Waals surface area (Å²) >= 11 is 5.99. The quantitative estimate of drug-likeness (QED) is 0.617. The van der Waals surface area contributed by atoms with Crippen LogP contribution in [0.4, 0.5) is 0 Å². The fourth-order valence-corrected chi connectivity index (χ4v) is 2.16. The summed E-state index contributed by atoms with van der Waals surface area (Å²) in [6.07, 6.45) is 1.77. The maximum absolute atomic E-state index is 10.8. The van der Waals surface area contributed by atoms with E-state index < -0.39 is 5.97 Å². The van der Waals surface area contributed by atoms with Crippen LogP contribution in [0.25, 0.3) is 10.2 Å². The summed E-state index contributed by atoms with van der Waals surface area (Å²) in [5.74, 6) is -0.493. The number of thiazole rings is 1. The Balaban J connectivity index is 1.99. The van der Waals surface area contributed by atoms with Gasteiger partial charge in [0.15, 0.2) is 0 Å². The van der Waals surface area contributed by atoms with E-state index >= 15 is 0 Å². The monoisotopic (exact) mass is 250 g/mol. The highest BCUT2D eigenvalue weighted by Gasteiger charge is 2.04. The van der Waals surface area contributed by atoms with E-state index in [-0.39, 0.29) is 6.61 Å². The Kier molecular flexibility index (Phi) is 3.58. The SMILES string of the molecule is O=C(C=S)OC[CH]c1nc2ccccc2s1. The van der Waals surface area contributed by atoms with E-state index in [4.69, 9.17) is 4.74 Å². The fraction of sp³-hybridized carbons (Fsp3) is 0.0909. The van der Waals surface area contributed by atoms with E-state index in [2.05, 4.69) is 17.2 Å². The lowest BCUT2D eigenvalue weighted by Crippen LogP contribution is -2.05. The summed E-state index contributed by atoms with van der Waals surface area (Å²) in [6.45, 7) is 0.200. The molecule has 1 radical (unpaired) electrons. The Morgan fingerprint density at radius 2 is 2.31 bits per heavy atom. The van der Waals surface area contributed by atoms with Gasteiger partial charge in [-0.2, -0.15) is 0 Å². The number of fused-ring (bicyclic) bond motifs is 1. The van der Waals surface area contributed by atoms with Crippen molar-refractivity contribution < 1.29 is 9.53 Å². The molecule has 0 aliphatic carbocycles. The standard InChI is InChI=1S/C11H8NO2S2/c13-11(7-15)14-6-5-10-12-8-3-1-2-4-9(8)16-10/h1-5,7H,6H2. The summed E-state index contributed by atoms with van der Waals surface area (Å²) in [6, 6.07) is 7.87. The van der Waals surface area contributed by atoms with Gasteiger partial charge in [0, 0.05) is 0 Å². The molecule has 0 N–H and O–H groups in total. The van der Waals surface area contributed by atoms with Crippen molar-refractivity contribution in [3.63, 3.8) is 0 Å². The van der Waals surface area contributed by atoms with Crippen LogP contribution in [0.3, 0.4) is 0 Å². The minimum absolute atomic E-state index is 0.200. The molecule has 0 saturated heterocycles. The van der Waals surface area contributed by atoms with Crippen molar-refractivity contribution in [3.8, 4) is 0 Å². The smallest absolute Gasteiger partial charge is 0.341 e. The van der Waals surface area contributed by atoms with Gasteiger partial charge >= 0.3 is 5.97 Å². The molecule has 2 rings (SSSR count). The number of rotatable bonds is 4. The summed E-state index contributed by atoms with van der Waals surface area (Å²) < 4.78 is 5.92. The van der Waals surface area contributed by atoms with Crippen LogP contribution in [0.15, 0.2) is 24.3 Å². The molecule has 0 aliphatic heterocycles. The summed E-state index contributed by atoms with van der Waals surface area (Å²) in [4.78, 5) is 15.1. The second kappa shape index (κ2) is 5.14. The normalized spacial score (nSPS) is 10.2. The zero-order valence-corrected chi connectivity index (χ0v) is 9.88. The molecule has 5 heteroatoms. The molecule has 3 nitrogen and oxygen atoms in total. The molecule has 2 aromatic rings. The van der Waals surface area contributed by atoms with Crippen molar-refractivity contribution in [2.75, 3.05) is 6.61 Å². The number of nitrogens with zero attached hydrogens (tertiary/aromatic N) is 1. The van der Waals surface area contributed by atoms with E-state index in [9.17, 15) is 4.79 Å². The molecular formula is C11H8NO2S2. The van der Waals surface area contributed by atoms with Crippen molar-refractivity contribution >= 4 is 45.1 Å². The average molecular weight is 250 g/mol. The maximum atomic E-state index is 10.8. The molecule has 0 bridgehead atoms. The van der Waals surface area contributed by atoms with Gasteiger partial charge in [-0.25, -0.2) is 9.78 Å². The third-order valence-electron chi connectivity index (χ3n) is 1.89. The molecule has 81 valence electrons. The number of benzene rings is 1. The molecule has 0 aliphatic rings. The molecule has 0 unspecified atom stereocenters. The number of carbonyl (C=O) groups is 1. The van der Waals surface area contributed by atoms with Crippen molar-refractivity contribution in [1.29, 1.82) is 0 Å². The molecule has 1 aromatic carbocycles. The first-order chi connectivity index (χ1) is 7.79. The van der Waals surface area contributed by atoms with E-state index in [1.165, 1.54) is 0 Å². The van der Waals surface area contributed by atoms with Gasteiger partial charge in [0.2, 0.25) is 0 Å². The van der Waals surface area contributed by atoms with Crippen LogP contribution in [-0.4, -0.2) is 22.9 Å². The van der Waals surface area contributed by atoms with Gasteiger partial charge < -0.3 is 4.74 Å². The van der Waals surface area contributed by atoms with E-state index in [1.807, 2.05) is 24.3 Å². The third kappa shape index (κ3) is 2.62. The van der Waals surface area contributed by atoms with Gasteiger partial charge in [-0.1, -0.05) is 24.4 Å². The number of aromatic nitrogens is 1. The van der Waals surface area contributed by atoms with E-state index in [0.29, 0.717) is 0 Å². The van der Waals surface area contributed by atoms with Crippen LogP contribution in [0.5, 0.6) is 0 Å². The topological polar surface area (TPSA) is 39.2 Å². The lowest BCUT2D eigenvalue weighted by Gasteiger charge is -1.97. The van der Waals surface area contributed by atoms with Crippen LogP contribution in [0.1, 0.15) is 5.01 Å². The predicted octanol–water partition coefficient (Wildman–Crippen LogP) is 2.39. The van der Waals surface area contributed by atoms with E-state index in [1.54, 1.807) is 17.8 Å². The highest BCUT2D eigenvalue weighted by molar-refractivity contribution is 7.80. The molecule has 0 atom stereocenters. The lowest BCUT2D eigenvalue weighted by molar-refractivity contribution is -0.133. The summed E-state index contributed by atoms with van der Waals surface area (Å²) in [7, 11) is 0. The first kappa shape index (κ1) is 11.2.